The molecule has 5 aliphatic rings. The number of nitrogens with zero attached hydrogens (tertiary/aromatic N) is 1. The van der Waals surface area contributed by atoms with Crippen molar-refractivity contribution in [1.29, 1.82) is 0 Å². The van der Waals surface area contributed by atoms with Crippen LogP contribution < -0.4 is 0 Å². The van der Waals surface area contributed by atoms with Gasteiger partial charge < -0.3 is 4.74 Å². The Hall–Kier alpha value is -0.740. The number of carbonyl (C=O) groups excluding carboxylic acids is 2. The van der Waals surface area contributed by atoms with Crippen molar-refractivity contribution in [3.63, 3.8) is 0 Å². The highest BCUT2D eigenvalue weighted by atomic mass is 16.5. The largest absolute Gasteiger partial charge is 0.379 e. The van der Waals surface area contributed by atoms with E-state index in [1.807, 2.05) is 0 Å². The van der Waals surface area contributed by atoms with Crippen LogP contribution in [0.25, 0.3) is 0 Å². The number of ketones is 2. The quantitative estimate of drug-likeness (QED) is 0.737. The van der Waals surface area contributed by atoms with Gasteiger partial charge in [0.05, 0.1) is 13.2 Å². The normalized spacial score (nSPS) is 50.5. The van der Waals surface area contributed by atoms with E-state index in [0.29, 0.717) is 23.9 Å². The average molecular weight is 291 g/mol. The van der Waals surface area contributed by atoms with Gasteiger partial charge in [0, 0.05) is 42.3 Å². The molecule has 0 aromatic rings. The van der Waals surface area contributed by atoms with Gasteiger partial charge in [-0.1, -0.05) is 13.8 Å². The Morgan fingerprint density at radius 2 is 1.90 bits per heavy atom. The second-order valence-electron chi connectivity index (χ2n) is 7.95. The minimum atomic E-state index is -0.237. The number of morpholine rings is 1. The Kier molecular flexibility index (Phi) is 2.90. The maximum absolute atomic E-state index is 12.9. The molecule has 5 fully saturated rings. The van der Waals surface area contributed by atoms with Crippen LogP contribution in [0.1, 0.15) is 39.5 Å². The van der Waals surface area contributed by atoms with Gasteiger partial charge >= 0.3 is 0 Å². The number of ether oxygens (including phenoxy) is 1. The first kappa shape index (κ1) is 13.9. The summed E-state index contributed by atoms with van der Waals surface area (Å²) in [5, 5.41) is 0. The van der Waals surface area contributed by atoms with E-state index in [4.69, 9.17) is 4.74 Å². The van der Waals surface area contributed by atoms with Crippen LogP contribution >= 0.6 is 0 Å². The molecular formula is C17H25NO3. The fraction of sp³-hybridized carbons (Fsp3) is 0.882. The number of rotatable bonds is 1. The van der Waals surface area contributed by atoms with E-state index in [1.54, 1.807) is 0 Å². The van der Waals surface area contributed by atoms with Crippen molar-refractivity contribution in [2.45, 2.75) is 45.1 Å². The Labute approximate surface area is 126 Å². The van der Waals surface area contributed by atoms with Gasteiger partial charge in [-0.15, -0.1) is 0 Å². The molecule has 4 nitrogen and oxygen atoms in total. The second-order valence-corrected chi connectivity index (χ2v) is 7.95. The molecule has 0 aromatic carbocycles. The molecule has 0 N–H and O–H groups in total. The molecule has 1 aliphatic heterocycles. The van der Waals surface area contributed by atoms with Crippen molar-refractivity contribution in [1.82, 2.24) is 4.90 Å². The monoisotopic (exact) mass is 291 g/mol. The van der Waals surface area contributed by atoms with Gasteiger partial charge in [-0.3, -0.25) is 14.5 Å². The topological polar surface area (TPSA) is 46.6 Å². The van der Waals surface area contributed by atoms with E-state index in [2.05, 4.69) is 18.7 Å². The van der Waals surface area contributed by atoms with Crippen molar-refractivity contribution in [2.24, 2.45) is 23.2 Å². The summed E-state index contributed by atoms with van der Waals surface area (Å²) in [6.07, 6.45) is 3.33. The Morgan fingerprint density at radius 1 is 1.19 bits per heavy atom. The predicted molar refractivity (Wildman–Crippen MR) is 77.9 cm³/mol. The van der Waals surface area contributed by atoms with Gasteiger partial charge in [0.25, 0.3) is 0 Å². The summed E-state index contributed by atoms with van der Waals surface area (Å²) < 4.78 is 5.50. The first-order valence-electron chi connectivity index (χ1n) is 8.37. The maximum atomic E-state index is 12.9. The standard InChI is InChI=1S/C17H25NO3/c1-11-7-12-8-16(2)9-13(15(11)20)17(12,10-14(16)19)18-3-5-21-6-4-18/h11-13H,3-10H2,1-2H3/t11-,12+,13+,16-,17-/m1/s1. The molecule has 0 unspecified atom stereocenters. The summed E-state index contributed by atoms with van der Waals surface area (Å²) >= 11 is 0. The zero-order valence-corrected chi connectivity index (χ0v) is 13.1. The van der Waals surface area contributed by atoms with Crippen LogP contribution in [0.5, 0.6) is 0 Å². The summed E-state index contributed by atoms with van der Waals surface area (Å²) in [4.78, 5) is 28.0. The fourth-order valence-electron chi connectivity index (χ4n) is 5.77. The zero-order chi connectivity index (χ0) is 14.8. The lowest BCUT2D eigenvalue weighted by Gasteiger charge is -2.66. The molecule has 4 heteroatoms. The molecular weight excluding hydrogens is 266 g/mol. The summed E-state index contributed by atoms with van der Waals surface area (Å²) in [6, 6.07) is 0. The Morgan fingerprint density at radius 3 is 2.62 bits per heavy atom. The Bertz CT molecular complexity index is 498. The minimum absolute atomic E-state index is 0.0702. The number of carbonyl (C=O) groups is 2. The highest BCUT2D eigenvalue weighted by Crippen LogP contribution is 2.62. The van der Waals surface area contributed by atoms with Crippen molar-refractivity contribution >= 4 is 11.6 Å². The first-order valence-corrected chi connectivity index (χ1v) is 8.37. The fourth-order valence-corrected chi connectivity index (χ4v) is 5.77. The summed E-state index contributed by atoms with van der Waals surface area (Å²) in [7, 11) is 0. The molecule has 0 aromatic heterocycles. The van der Waals surface area contributed by atoms with Gasteiger partial charge in [-0.25, -0.2) is 0 Å². The van der Waals surface area contributed by atoms with Crippen LogP contribution in [0.15, 0.2) is 0 Å². The molecule has 4 bridgehead atoms. The third-order valence-electron chi connectivity index (χ3n) is 6.85. The smallest absolute Gasteiger partial charge is 0.140 e. The van der Waals surface area contributed by atoms with Gasteiger partial charge in [0.1, 0.15) is 11.6 Å². The molecule has 5 atom stereocenters. The van der Waals surface area contributed by atoms with Crippen LogP contribution in [-0.2, 0) is 14.3 Å². The van der Waals surface area contributed by atoms with Gasteiger partial charge in [-0.2, -0.15) is 0 Å². The predicted octanol–water partition coefficient (Wildman–Crippen LogP) is 1.67. The molecule has 4 aliphatic carbocycles. The summed E-state index contributed by atoms with van der Waals surface area (Å²) in [6.45, 7) is 7.39. The minimum Gasteiger partial charge on any atom is -0.379 e. The number of hydrogen-bond donors (Lipinski definition) is 0. The van der Waals surface area contributed by atoms with E-state index >= 15 is 0 Å². The molecule has 0 amide bonds. The van der Waals surface area contributed by atoms with Crippen molar-refractivity contribution in [3.05, 3.63) is 0 Å². The lowest BCUT2D eigenvalue weighted by molar-refractivity contribution is -0.190. The van der Waals surface area contributed by atoms with Crippen LogP contribution in [0.2, 0.25) is 0 Å². The van der Waals surface area contributed by atoms with E-state index in [9.17, 15) is 9.59 Å². The van der Waals surface area contributed by atoms with E-state index in [-0.39, 0.29) is 22.8 Å². The highest BCUT2D eigenvalue weighted by Gasteiger charge is 2.67. The third kappa shape index (κ3) is 1.69. The first-order chi connectivity index (χ1) is 9.97. The Balaban J connectivity index is 1.79. The molecule has 1 saturated heterocycles. The molecule has 0 spiro atoms. The van der Waals surface area contributed by atoms with Gasteiger partial charge in [-0.05, 0) is 25.2 Å². The molecule has 1 heterocycles. The number of Topliss-reactive ketones (excluding diaryl/α,β-unsaturated/α-hetero) is 2. The van der Waals surface area contributed by atoms with E-state index < -0.39 is 0 Å². The van der Waals surface area contributed by atoms with E-state index in [1.165, 1.54) is 0 Å². The molecule has 116 valence electrons. The van der Waals surface area contributed by atoms with Crippen molar-refractivity contribution in [2.75, 3.05) is 26.3 Å². The van der Waals surface area contributed by atoms with Crippen LogP contribution in [0, 0.1) is 23.2 Å². The van der Waals surface area contributed by atoms with Crippen LogP contribution in [0.4, 0.5) is 0 Å². The zero-order valence-electron chi connectivity index (χ0n) is 13.1. The molecule has 21 heavy (non-hydrogen) atoms. The van der Waals surface area contributed by atoms with Gasteiger partial charge in [0.15, 0.2) is 0 Å². The van der Waals surface area contributed by atoms with Gasteiger partial charge in [0.2, 0.25) is 0 Å². The van der Waals surface area contributed by atoms with Crippen LogP contribution in [0.3, 0.4) is 0 Å². The van der Waals surface area contributed by atoms with Crippen molar-refractivity contribution < 1.29 is 14.3 Å². The highest BCUT2D eigenvalue weighted by molar-refractivity contribution is 5.94. The number of fused-ring (bicyclic) bond motifs is 1. The van der Waals surface area contributed by atoms with Crippen LogP contribution in [-0.4, -0.2) is 48.3 Å². The van der Waals surface area contributed by atoms with Crippen molar-refractivity contribution in [3.8, 4) is 0 Å². The third-order valence-corrected chi connectivity index (χ3v) is 6.85. The number of hydrogen-bond acceptors (Lipinski definition) is 4. The molecule has 0 radical (unpaired) electrons. The SMILES string of the molecule is C[C@@H]1C[C@H]2C[C@]3(C)C[C@@H](C1=O)[C@@]2(N1CCOCC1)CC3=O. The lowest BCUT2D eigenvalue weighted by atomic mass is 9.43. The maximum Gasteiger partial charge on any atom is 0.140 e. The summed E-state index contributed by atoms with van der Waals surface area (Å²) in [5.41, 5.74) is -0.415. The average Bonchev–Trinajstić information content (AvgIpc) is 2.47. The molecule has 5 rings (SSSR count). The second kappa shape index (κ2) is 4.39. The molecule has 4 saturated carbocycles. The van der Waals surface area contributed by atoms with E-state index in [0.717, 1.165) is 45.6 Å². The lowest BCUT2D eigenvalue weighted by Crippen LogP contribution is -2.74. The summed E-state index contributed by atoms with van der Waals surface area (Å²) in [5.74, 6) is 1.55.